The molecule has 1 saturated heterocycles. The van der Waals surface area contributed by atoms with Gasteiger partial charge in [0, 0.05) is 18.7 Å². The molecule has 0 aliphatic carbocycles. The second kappa shape index (κ2) is 6.20. The minimum absolute atomic E-state index is 0.0636. The van der Waals surface area contributed by atoms with Gasteiger partial charge in [-0.05, 0) is 30.7 Å². The number of ether oxygens (including phenoxy) is 1. The predicted molar refractivity (Wildman–Crippen MR) is 83.9 cm³/mol. The topological polar surface area (TPSA) is 49.8 Å². The van der Waals surface area contributed by atoms with Gasteiger partial charge in [0.25, 0.3) is 5.91 Å². The number of β-amino-alcohol motifs (C(OH)–C–C–N with tert-alkyl or cyclic N) is 1. The minimum Gasteiger partial charge on any atom is -0.489 e. The van der Waals surface area contributed by atoms with Gasteiger partial charge in [0.2, 0.25) is 0 Å². The monoisotopic (exact) mass is 297 g/mol. The lowest BCUT2D eigenvalue weighted by Crippen LogP contribution is -2.53. The maximum absolute atomic E-state index is 12.2. The lowest BCUT2D eigenvalue weighted by Gasteiger charge is -2.35. The van der Waals surface area contributed by atoms with Gasteiger partial charge in [-0.3, -0.25) is 4.79 Å². The Labute approximate surface area is 130 Å². The number of carbonyl (C=O) groups is 1. The Balaban J connectivity index is 1.65. The Kier molecular flexibility index (Phi) is 4.11. The van der Waals surface area contributed by atoms with E-state index in [1.54, 1.807) is 17.0 Å². The Morgan fingerprint density at radius 3 is 2.73 bits per heavy atom. The SMILES string of the molecule is Cc1cccc(COc2cccc(C(=O)N3CC(O)C3)c2)c1. The molecule has 0 aromatic heterocycles. The van der Waals surface area contributed by atoms with E-state index in [9.17, 15) is 9.90 Å². The predicted octanol–water partition coefficient (Wildman–Crippen LogP) is 2.39. The number of rotatable bonds is 4. The molecule has 114 valence electrons. The van der Waals surface area contributed by atoms with Crippen molar-refractivity contribution in [3.8, 4) is 5.75 Å². The van der Waals surface area contributed by atoms with Gasteiger partial charge in [-0.1, -0.05) is 35.9 Å². The van der Waals surface area contributed by atoms with Crippen molar-refractivity contribution >= 4 is 5.91 Å². The first kappa shape index (κ1) is 14.6. The summed E-state index contributed by atoms with van der Waals surface area (Å²) < 4.78 is 5.77. The van der Waals surface area contributed by atoms with Crippen LogP contribution in [0.5, 0.6) is 5.75 Å². The van der Waals surface area contributed by atoms with Crippen LogP contribution in [0.15, 0.2) is 48.5 Å². The fourth-order valence-electron chi connectivity index (χ4n) is 2.49. The van der Waals surface area contributed by atoms with Crippen LogP contribution in [-0.2, 0) is 6.61 Å². The van der Waals surface area contributed by atoms with E-state index in [1.165, 1.54) is 5.56 Å². The maximum Gasteiger partial charge on any atom is 0.254 e. The first-order chi connectivity index (χ1) is 10.6. The summed E-state index contributed by atoms with van der Waals surface area (Å²) in [5.74, 6) is 0.611. The van der Waals surface area contributed by atoms with Crippen molar-refractivity contribution < 1.29 is 14.6 Å². The number of aliphatic hydroxyl groups is 1. The van der Waals surface area contributed by atoms with Crippen LogP contribution in [0.3, 0.4) is 0 Å². The van der Waals surface area contributed by atoms with Gasteiger partial charge in [0.15, 0.2) is 0 Å². The highest BCUT2D eigenvalue weighted by molar-refractivity contribution is 5.95. The number of amides is 1. The Hall–Kier alpha value is -2.33. The molecule has 1 N–H and O–H groups in total. The summed E-state index contributed by atoms with van der Waals surface area (Å²) in [5.41, 5.74) is 2.89. The quantitative estimate of drug-likeness (QED) is 0.942. The van der Waals surface area contributed by atoms with Crippen LogP contribution in [-0.4, -0.2) is 35.1 Å². The zero-order valence-corrected chi connectivity index (χ0v) is 12.5. The van der Waals surface area contributed by atoms with Crippen molar-refractivity contribution in [3.05, 3.63) is 65.2 Å². The van der Waals surface area contributed by atoms with Gasteiger partial charge < -0.3 is 14.7 Å². The molecule has 0 atom stereocenters. The molecule has 22 heavy (non-hydrogen) atoms. The second-order valence-electron chi connectivity index (χ2n) is 5.67. The van der Waals surface area contributed by atoms with E-state index in [2.05, 4.69) is 6.07 Å². The zero-order valence-electron chi connectivity index (χ0n) is 12.5. The number of likely N-dealkylation sites (tertiary alicyclic amines) is 1. The normalized spacial score (nSPS) is 14.5. The van der Waals surface area contributed by atoms with Crippen molar-refractivity contribution in [1.29, 1.82) is 0 Å². The lowest BCUT2D eigenvalue weighted by molar-refractivity contribution is 0.00587. The van der Waals surface area contributed by atoms with E-state index in [-0.39, 0.29) is 12.0 Å². The smallest absolute Gasteiger partial charge is 0.254 e. The van der Waals surface area contributed by atoms with E-state index in [0.717, 1.165) is 5.56 Å². The highest BCUT2D eigenvalue weighted by atomic mass is 16.5. The molecular formula is C18H19NO3. The molecule has 4 nitrogen and oxygen atoms in total. The van der Waals surface area contributed by atoms with Gasteiger partial charge in [0.1, 0.15) is 12.4 Å². The molecule has 2 aromatic rings. The summed E-state index contributed by atoms with van der Waals surface area (Å²) in [7, 11) is 0. The van der Waals surface area contributed by atoms with E-state index in [1.807, 2.05) is 37.3 Å². The molecular weight excluding hydrogens is 278 g/mol. The summed E-state index contributed by atoms with van der Waals surface area (Å²) in [5, 5.41) is 9.28. The third-order valence-corrected chi connectivity index (χ3v) is 3.72. The van der Waals surface area contributed by atoms with Gasteiger partial charge in [-0.15, -0.1) is 0 Å². The Morgan fingerprint density at radius 2 is 2.00 bits per heavy atom. The molecule has 1 amide bonds. The summed E-state index contributed by atoms with van der Waals surface area (Å²) in [6.07, 6.45) is -0.385. The van der Waals surface area contributed by atoms with Crippen LogP contribution in [0.2, 0.25) is 0 Å². The van der Waals surface area contributed by atoms with Crippen LogP contribution in [0.4, 0.5) is 0 Å². The number of hydrogen-bond acceptors (Lipinski definition) is 3. The maximum atomic E-state index is 12.2. The molecule has 1 fully saturated rings. The van der Waals surface area contributed by atoms with Crippen LogP contribution in [0, 0.1) is 6.92 Å². The summed E-state index contributed by atoms with van der Waals surface area (Å²) in [6, 6.07) is 15.3. The second-order valence-corrected chi connectivity index (χ2v) is 5.67. The summed E-state index contributed by atoms with van der Waals surface area (Å²) in [6.45, 7) is 3.34. The van der Waals surface area contributed by atoms with Crippen LogP contribution < -0.4 is 4.74 Å². The van der Waals surface area contributed by atoms with Crippen LogP contribution >= 0.6 is 0 Å². The van der Waals surface area contributed by atoms with Gasteiger partial charge >= 0.3 is 0 Å². The molecule has 1 aliphatic heterocycles. The van der Waals surface area contributed by atoms with Crippen molar-refractivity contribution in [2.45, 2.75) is 19.6 Å². The fraction of sp³-hybridized carbons (Fsp3) is 0.278. The Morgan fingerprint density at radius 1 is 1.23 bits per heavy atom. The minimum atomic E-state index is -0.385. The van der Waals surface area contributed by atoms with E-state index in [0.29, 0.717) is 31.0 Å². The largest absolute Gasteiger partial charge is 0.489 e. The Bertz CT molecular complexity index is 678. The van der Waals surface area contributed by atoms with Crippen LogP contribution in [0.1, 0.15) is 21.5 Å². The van der Waals surface area contributed by atoms with Gasteiger partial charge in [0.05, 0.1) is 6.10 Å². The third-order valence-electron chi connectivity index (χ3n) is 3.72. The highest BCUT2D eigenvalue weighted by Gasteiger charge is 2.29. The van der Waals surface area contributed by atoms with E-state index < -0.39 is 0 Å². The molecule has 1 heterocycles. The molecule has 0 unspecified atom stereocenters. The standard InChI is InChI=1S/C18H19NO3/c1-13-4-2-5-14(8-13)12-22-17-7-3-6-15(9-17)18(21)19-10-16(20)11-19/h2-9,16,20H,10-12H2,1H3. The first-order valence-electron chi connectivity index (χ1n) is 7.37. The number of hydrogen-bond donors (Lipinski definition) is 1. The lowest BCUT2D eigenvalue weighted by atomic mass is 10.1. The molecule has 3 rings (SSSR count). The van der Waals surface area contributed by atoms with Gasteiger partial charge in [-0.2, -0.15) is 0 Å². The number of benzene rings is 2. The van der Waals surface area contributed by atoms with Crippen molar-refractivity contribution in [2.75, 3.05) is 13.1 Å². The zero-order chi connectivity index (χ0) is 15.5. The number of nitrogens with zero attached hydrogens (tertiary/aromatic N) is 1. The fourth-order valence-corrected chi connectivity index (χ4v) is 2.49. The van der Waals surface area contributed by atoms with Crippen molar-refractivity contribution in [2.24, 2.45) is 0 Å². The first-order valence-corrected chi connectivity index (χ1v) is 7.37. The molecule has 0 saturated carbocycles. The van der Waals surface area contributed by atoms with Gasteiger partial charge in [-0.25, -0.2) is 0 Å². The molecule has 4 heteroatoms. The molecule has 2 aromatic carbocycles. The average molecular weight is 297 g/mol. The number of aryl methyl sites for hydroxylation is 1. The molecule has 0 radical (unpaired) electrons. The van der Waals surface area contributed by atoms with Crippen molar-refractivity contribution in [3.63, 3.8) is 0 Å². The number of carbonyl (C=O) groups excluding carboxylic acids is 1. The number of aliphatic hydroxyl groups excluding tert-OH is 1. The van der Waals surface area contributed by atoms with Crippen LogP contribution in [0.25, 0.3) is 0 Å². The highest BCUT2D eigenvalue weighted by Crippen LogP contribution is 2.19. The van der Waals surface area contributed by atoms with Crippen molar-refractivity contribution in [1.82, 2.24) is 4.90 Å². The summed E-state index contributed by atoms with van der Waals surface area (Å²) in [4.78, 5) is 13.8. The average Bonchev–Trinajstić information content (AvgIpc) is 2.50. The molecule has 0 spiro atoms. The third kappa shape index (κ3) is 3.28. The molecule has 0 bridgehead atoms. The molecule has 1 aliphatic rings. The van der Waals surface area contributed by atoms with E-state index >= 15 is 0 Å². The van der Waals surface area contributed by atoms with E-state index in [4.69, 9.17) is 4.74 Å². The summed E-state index contributed by atoms with van der Waals surface area (Å²) >= 11 is 0.